The van der Waals surface area contributed by atoms with Gasteiger partial charge in [-0.05, 0) is 17.7 Å². The number of rotatable bonds is 3. The average molecular weight is 264 g/mol. The van der Waals surface area contributed by atoms with E-state index in [1.165, 1.54) is 12.4 Å². The normalized spacial score (nSPS) is 10.1. The molecular weight excluding hydrogens is 254 g/mol. The van der Waals surface area contributed by atoms with Crippen LogP contribution >= 0.6 is 11.6 Å². The van der Waals surface area contributed by atoms with Crippen LogP contribution < -0.4 is 5.32 Å². The summed E-state index contributed by atoms with van der Waals surface area (Å²) in [4.78, 5) is 19.3. The van der Waals surface area contributed by atoms with Gasteiger partial charge in [-0.3, -0.25) is 9.78 Å². The second-order valence-corrected chi connectivity index (χ2v) is 3.96. The fraction of sp³-hybridized carbons (Fsp3) is 0.0833. The standard InChI is InChI=1S/C12H10ClN3O2/c13-11-7-14-6-10(16-11)12(18)15-5-8-1-3-9(17)4-2-8/h1-4,6-7,17H,5H2,(H,15,18). The molecule has 2 N–H and O–H groups in total. The Bertz CT molecular complexity index is 558. The molecule has 5 nitrogen and oxygen atoms in total. The van der Waals surface area contributed by atoms with Gasteiger partial charge in [0.25, 0.3) is 5.91 Å². The van der Waals surface area contributed by atoms with Gasteiger partial charge >= 0.3 is 0 Å². The van der Waals surface area contributed by atoms with Crippen LogP contribution in [-0.2, 0) is 6.54 Å². The maximum absolute atomic E-state index is 11.7. The lowest BCUT2D eigenvalue weighted by Crippen LogP contribution is -2.23. The fourth-order valence-corrected chi connectivity index (χ4v) is 1.49. The molecule has 1 heterocycles. The monoisotopic (exact) mass is 263 g/mol. The molecular formula is C12H10ClN3O2. The van der Waals surface area contributed by atoms with Gasteiger partial charge in [-0.2, -0.15) is 0 Å². The quantitative estimate of drug-likeness (QED) is 0.885. The van der Waals surface area contributed by atoms with Crippen molar-refractivity contribution in [2.45, 2.75) is 6.54 Å². The van der Waals surface area contributed by atoms with Gasteiger partial charge in [0.2, 0.25) is 0 Å². The van der Waals surface area contributed by atoms with Crippen molar-refractivity contribution in [3.63, 3.8) is 0 Å². The Morgan fingerprint density at radius 2 is 2.00 bits per heavy atom. The highest BCUT2D eigenvalue weighted by molar-refractivity contribution is 6.29. The third kappa shape index (κ3) is 3.18. The predicted molar refractivity (Wildman–Crippen MR) is 66.3 cm³/mol. The molecule has 0 aliphatic carbocycles. The van der Waals surface area contributed by atoms with Crippen molar-refractivity contribution in [3.8, 4) is 5.75 Å². The molecule has 0 fully saturated rings. The first-order chi connectivity index (χ1) is 8.65. The first-order valence-electron chi connectivity index (χ1n) is 5.19. The first-order valence-corrected chi connectivity index (χ1v) is 5.56. The minimum atomic E-state index is -0.349. The maximum Gasteiger partial charge on any atom is 0.271 e. The number of phenolic OH excluding ortho intramolecular Hbond substituents is 1. The Morgan fingerprint density at radius 3 is 2.67 bits per heavy atom. The molecule has 0 bridgehead atoms. The van der Waals surface area contributed by atoms with Gasteiger partial charge in [0.1, 0.15) is 16.6 Å². The van der Waals surface area contributed by atoms with Crippen LogP contribution in [0.15, 0.2) is 36.7 Å². The molecule has 0 unspecified atom stereocenters. The Labute approximate surface area is 108 Å². The topological polar surface area (TPSA) is 75.1 Å². The number of benzene rings is 1. The highest BCUT2D eigenvalue weighted by Crippen LogP contribution is 2.09. The van der Waals surface area contributed by atoms with Crippen molar-refractivity contribution < 1.29 is 9.90 Å². The Kier molecular flexibility index (Phi) is 3.74. The summed E-state index contributed by atoms with van der Waals surface area (Å²) in [6, 6.07) is 6.56. The van der Waals surface area contributed by atoms with E-state index in [-0.39, 0.29) is 22.5 Å². The number of hydrogen-bond donors (Lipinski definition) is 2. The van der Waals surface area contributed by atoms with Gasteiger partial charge in [-0.1, -0.05) is 23.7 Å². The van der Waals surface area contributed by atoms with Crippen molar-refractivity contribution in [2.24, 2.45) is 0 Å². The number of nitrogens with one attached hydrogen (secondary N) is 1. The van der Waals surface area contributed by atoms with Crippen LogP contribution in [0.3, 0.4) is 0 Å². The molecule has 1 aromatic heterocycles. The van der Waals surface area contributed by atoms with Crippen molar-refractivity contribution in [2.75, 3.05) is 0 Å². The third-order valence-corrected chi connectivity index (χ3v) is 2.41. The smallest absolute Gasteiger partial charge is 0.271 e. The van der Waals surface area contributed by atoms with Gasteiger partial charge in [0, 0.05) is 6.54 Å². The van der Waals surface area contributed by atoms with E-state index < -0.39 is 0 Å². The summed E-state index contributed by atoms with van der Waals surface area (Å²) >= 11 is 5.64. The first kappa shape index (κ1) is 12.3. The van der Waals surface area contributed by atoms with E-state index in [0.29, 0.717) is 6.54 Å². The molecule has 18 heavy (non-hydrogen) atoms. The Hall–Kier alpha value is -2.14. The number of aromatic hydroxyl groups is 1. The van der Waals surface area contributed by atoms with E-state index in [2.05, 4.69) is 15.3 Å². The molecule has 2 rings (SSSR count). The van der Waals surface area contributed by atoms with E-state index >= 15 is 0 Å². The molecule has 0 radical (unpaired) electrons. The minimum absolute atomic E-state index is 0.168. The second kappa shape index (κ2) is 5.46. The lowest BCUT2D eigenvalue weighted by Gasteiger charge is -2.04. The molecule has 2 aromatic rings. The molecule has 0 atom stereocenters. The van der Waals surface area contributed by atoms with Crippen molar-refractivity contribution in [3.05, 3.63) is 53.1 Å². The van der Waals surface area contributed by atoms with Crippen LogP contribution in [0.1, 0.15) is 16.1 Å². The molecule has 0 saturated heterocycles. The Morgan fingerprint density at radius 1 is 1.28 bits per heavy atom. The number of nitrogens with zero attached hydrogens (tertiary/aromatic N) is 2. The largest absolute Gasteiger partial charge is 0.508 e. The van der Waals surface area contributed by atoms with E-state index in [0.717, 1.165) is 5.56 Å². The maximum atomic E-state index is 11.7. The number of carbonyl (C=O) groups is 1. The van der Waals surface area contributed by atoms with E-state index in [4.69, 9.17) is 16.7 Å². The number of aromatic nitrogens is 2. The molecule has 0 saturated carbocycles. The second-order valence-electron chi connectivity index (χ2n) is 3.58. The SMILES string of the molecule is O=C(NCc1ccc(O)cc1)c1cncc(Cl)n1. The van der Waals surface area contributed by atoms with Gasteiger partial charge < -0.3 is 10.4 Å². The number of carbonyl (C=O) groups excluding carboxylic acids is 1. The lowest BCUT2D eigenvalue weighted by atomic mass is 10.2. The molecule has 0 aliphatic rings. The number of halogens is 1. The highest BCUT2D eigenvalue weighted by atomic mass is 35.5. The van der Waals surface area contributed by atoms with Crippen LogP contribution in [0.5, 0.6) is 5.75 Å². The molecule has 1 aromatic carbocycles. The fourth-order valence-electron chi connectivity index (χ4n) is 1.34. The third-order valence-electron chi connectivity index (χ3n) is 2.23. The summed E-state index contributed by atoms with van der Waals surface area (Å²) < 4.78 is 0. The lowest BCUT2D eigenvalue weighted by molar-refractivity contribution is 0.0945. The van der Waals surface area contributed by atoms with Gasteiger partial charge in [0.05, 0.1) is 12.4 Å². The van der Waals surface area contributed by atoms with Crippen molar-refractivity contribution in [1.82, 2.24) is 15.3 Å². The molecule has 0 aliphatic heterocycles. The van der Waals surface area contributed by atoms with E-state index in [1.54, 1.807) is 24.3 Å². The van der Waals surface area contributed by atoms with Gasteiger partial charge in [-0.15, -0.1) is 0 Å². The minimum Gasteiger partial charge on any atom is -0.508 e. The zero-order chi connectivity index (χ0) is 13.0. The summed E-state index contributed by atoms with van der Waals surface area (Å²) in [7, 11) is 0. The number of hydrogen-bond acceptors (Lipinski definition) is 4. The summed E-state index contributed by atoms with van der Waals surface area (Å²) in [5.41, 5.74) is 1.04. The number of amides is 1. The molecule has 6 heteroatoms. The van der Waals surface area contributed by atoms with Gasteiger partial charge in [-0.25, -0.2) is 4.98 Å². The zero-order valence-electron chi connectivity index (χ0n) is 9.30. The van der Waals surface area contributed by atoms with Crippen LogP contribution in [0, 0.1) is 0 Å². The van der Waals surface area contributed by atoms with E-state index in [9.17, 15) is 4.79 Å². The molecule has 1 amide bonds. The molecule has 92 valence electrons. The van der Waals surface area contributed by atoms with Crippen molar-refractivity contribution in [1.29, 1.82) is 0 Å². The van der Waals surface area contributed by atoms with Gasteiger partial charge in [0.15, 0.2) is 0 Å². The summed E-state index contributed by atoms with van der Waals surface area (Å²) in [5, 5.41) is 12.0. The highest BCUT2D eigenvalue weighted by Gasteiger charge is 2.07. The van der Waals surface area contributed by atoms with Crippen molar-refractivity contribution >= 4 is 17.5 Å². The Balaban J connectivity index is 1.98. The summed E-state index contributed by atoms with van der Waals surface area (Å²) in [6.45, 7) is 0.341. The van der Waals surface area contributed by atoms with E-state index in [1.807, 2.05) is 0 Å². The summed E-state index contributed by atoms with van der Waals surface area (Å²) in [6.07, 6.45) is 2.70. The van der Waals surface area contributed by atoms with Crippen LogP contribution in [0.25, 0.3) is 0 Å². The summed E-state index contributed by atoms with van der Waals surface area (Å²) in [5.74, 6) is -0.163. The molecule has 0 spiro atoms. The van der Waals surface area contributed by atoms with Crippen LogP contribution in [0.2, 0.25) is 5.15 Å². The van der Waals surface area contributed by atoms with Crippen LogP contribution in [0.4, 0.5) is 0 Å². The zero-order valence-corrected chi connectivity index (χ0v) is 10.1. The predicted octanol–water partition coefficient (Wildman–Crippen LogP) is 1.77. The number of phenols is 1. The van der Waals surface area contributed by atoms with Crippen LogP contribution in [-0.4, -0.2) is 21.0 Å². The average Bonchev–Trinajstić information content (AvgIpc) is 2.38.